The van der Waals surface area contributed by atoms with Gasteiger partial charge in [0.05, 0.1) is 0 Å². The van der Waals surface area contributed by atoms with E-state index in [0.717, 1.165) is 35.5 Å². The molecule has 2 saturated heterocycles. The average Bonchev–Trinajstić information content (AvgIpc) is 3.34. The van der Waals surface area contributed by atoms with Crippen LogP contribution in [0.5, 0.6) is 0 Å². The molecule has 3 heterocycles. The average molecular weight is 416 g/mol. The largest absolute Gasteiger partial charge is 0.323 e. The highest BCUT2D eigenvalue weighted by molar-refractivity contribution is 6.10. The fourth-order valence-electron chi connectivity index (χ4n) is 4.54. The lowest BCUT2D eigenvalue weighted by atomic mass is 10.0. The Hall–Kier alpha value is -3.09. The van der Waals surface area contributed by atoms with Crippen LogP contribution in [0.3, 0.4) is 0 Å². The summed E-state index contributed by atoms with van der Waals surface area (Å²) < 4.78 is 0. The van der Waals surface area contributed by atoms with E-state index in [2.05, 4.69) is 39.3 Å². The van der Waals surface area contributed by atoms with Gasteiger partial charge in [0.2, 0.25) is 5.91 Å². The van der Waals surface area contributed by atoms with Crippen molar-refractivity contribution in [3.05, 3.63) is 71.6 Å². The van der Waals surface area contributed by atoms with E-state index in [1.165, 1.54) is 30.8 Å². The molecule has 2 aliphatic rings. The first-order chi connectivity index (χ1) is 15.1. The van der Waals surface area contributed by atoms with Gasteiger partial charge in [-0.15, -0.1) is 0 Å². The molecule has 2 atom stereocenters. The van der Waals surface area contributed by atoms with Crippen LogP contribution in [0.1, 0.15) is 30.0 Å². The first-order valence-corrected chi connectivity index (χ1v) is 10.7. The predicted molar refractivity (Wildman–Crippen MR) is 126 cm³/mol. The summed E-state index contributed by atoms with van der Waals surface area (Å²) >= 11 is 0. The van der Waals surface area contributed by atoms with Crippen LogP contribution < -0.4 is 5.32 Å². The molecule has 2 unspecified atom stereocenters. The summed E-state index contributed by atoms with van der Waals surface area (Å²) in [5.74, 6) is -0.195. The van der Waals surface area contributed by atoms with Crippen LogP contribution in [0.4, 0.5) is 5.69 Å². The number of amides is 1. The SMILES string of the molecule is C/C=C(\C=N)c1ccncc1/C=C/C(=O)Nc1ccc(CN2CC3CC2CN3C)cc1. The van der Waals surface area contributed by atoms with Gasteiger partial charge in [-0.1, -0.05) is 18.2 Å². The van der Waals surface area contributed by atoms with Crippen molar-refractivity contribution in [3.63, 3.8) is 0 Å². The van der Waals surface area contributed by atoms with Crippen molar-refractivity contribution in [3.8, 4) is 0 Å². The number of fused-ring (bicyclic) bond motifs is 2. The smallest absolute Gasteiger partial charge is 0.248 e. The Balaban J connectivity index is 1.35. The van der Waals surface area contributed by atoms with E-state index in [0.29, 0.717) is 12.1 Å². The highest BCUT2D eigenvalue weighted by Gasteiger charge is 2.40. The molecule has 2 N–H and O–H groups in total. The molecule has 2 bridgehead atoms. The number of nitrogens with one attached hydrogen (secondary N) is 2. The lowest BCUT2D eigenvalue weighted by Crippen LogP contribution is -2.43. The Bertz CT molecular complexity index is 1010. The van der Waals surface area contributed by atoms with Gasteiger partial charge in [0.1, 0.15) is 0 Å². The zero-order chi connectivity index (χ0) is 21.8. The number of likely N-dealkylation sites (N-methyl/N-ethyl adjacent to an activating group) is 1. The Kier molecular flexibility index (Phi) is 6.39. The van der Waals surface area contributed by atoms with Crippen molar-refractivity contribution in [2.75, 3.05) is 25.5 Å². The molecule has 6 nitrogen and oxygen atoms in total. The quantitative estimate of drug-likeness (QED) is 0.535. The fraction of sp³-hybridized carbons (Fsp3) is 0.320. The van der Waals surface area contributed by atoms with E-state index in [4.69, 9.17) is 5.41 Å². The number of likely N-dealkylation sites (tertiary alicyclic amines) is 2. The number of carbonyl (C=O) groups excluding carboxylic acids is 1. The van der Waals surface area contributed by atoms with Gasteiger partial charge < -0.3 is 15.6 Å². The molecule has 2 aliphatic heterocycles. The molecule has 160 valence electrons. The number of anilines is 1. The summed E-state index contributed by atoms with van der Waals surface area (Å²) in [7, 11) is 2.22. The number of piperazine rings is 1. The third-order valence-corrected chi connectivity index (χ3v) is 6.28. The van der Waals surface area contributed by atoms with Crippen LogP contribution in [0.15, 0.2) is 54.9 Å². The number of aromatic nitrogens is 1. The van der Waals surface area contributed by atoms with Crippen molar-refractivity contribution >= 4 is 29.5 Å². The molecule has 31 heavy (non-hydrogen) atoms. The monoisotopic (exact) mass is 415 g/mol. The Morgan fingerprint density at radius 2 is 2.03 bits per heavy atom. The normalized spacial score (nSPS) is 21.7. The van der Waals surface area contributed by atoms with E-state index in [-0.39, 0.29) is 5.91 Å². The van der Waals surface area contributed by atoms with E-state index >= 15 is 0 Å². The zero-order valence-electron chi connectivity index (χ0n) is 18.1. The maximum atomic E-state index is 12.4. The molecule has 1 aromatic carbocycles. The van der Waals surface area contributed by atoms with Crippen molar-refractivity contribution in [2.45, 2.75) is 32.0 Å². The number of nitrogens with zero attached hydrogens (tertiary/aromatic N) is 3. The van der Waals surface area contributed by atoms with Crippen LogP contribution >= 0.6 is 0 Å². The molecule has 0 radical (unpaired) electrons. The summed E-state index contributed by atoms with van der Waals surface area (Å²) in [6.45, 7) is 5.16. The maximum absolute atomic E-state index is 12.4. The standard InChI is InChI=1S/C25H29N5O/c1-3-19(13-26)24-10-11-27-14-20(24)6-9-25(31)28-21-7-4-18(5-8-21)15-30-17-22-12-23(30)16-29(22)2/h3-11,13-14,22-23,26H,12,15-17H2,1-2H3,(H,28,31)/b9-6+,19-3+,26-13?. The summed E-state index contributed by atoms with van der Waals surface area (Å²) in [6.07, 6.45) is 11.1. The lowest BCUT2D eigenvalue weighted by molar-refractivity contribution is -0.111. The molecular weight excluding hydrogens is 386 g/mol. The molecule has 0 aliphatic carbocycles. The van der Waals surface area contributed by atoms with Gasteiger partial charge >= 0.3 is 0 Å². The number of rotatable bonds is 7. The number of hydrogen-bond donors (Lipinski definition) is 2. The molecule has 2 aromatic rings. The number of benzene rings is 1. The lowest BCUT2D eigenvalue weighted by Gasteiger charge is -2.31. The first kappa shape index (κ1) is 21.2. The van der Waals surface area contributed by atoms with Crippen LogP contribution in [-0.2, 0) is 11.3 Å². The van der Waals surface area contributed by atoms with Crippen molar-refractivity contribution in [2.24, 2.45) is 0 Å². The minimum absolute atomic E-state index is 0.195. The van der Waals surface area contributed by atoms with E-state index in [1.807, 2.05) is 31.2 Å². The minimum atomic E-state index is -0.195. The Morgan fingerprint density at radius 1 is 1.23 bits per heavy atom. The van der Waals surface area contributed by atoms with Crippen molar-refractivity contribution in [1.82, 2.24) is 14.8 Å². The number of allylic oxidation sites excluding steroid dienone is 2. The van der Waals surface area contributed by atoms with Gasteiger partial charge in [-0.3, -0.25) is 14.7 Å². The van der Waals surface area contributed by atoms with Crippen molar-refractivity contribution < 1.29 is 4.79 Å². The number of hydrogen-bond acceptors (Lipinski definition) is 5. The van der Waals surface area contributed by atoms with E-state index in [9.17, 15) is 4.79 Å². The van der Waals surface area contributed by atoms with Gasteiger partial charge in [0.15, 0.2) is 0 Å². The molecule has 2 fully saturated rings. The van der Waals surface area contributed by atoms with Crippen LogP contribution in [0.25, 0.3) is 11.6 Å². The summed E-state index contributed by atoms with van der Waals surface area (Å²) in [4.78, 5) is 21.6. The summed E-state index contributed by atoms with van der Waals surface area (Å²) in [6, 6.07) is 11.3. The second-order valence-corrected chi connectivity index (χ2v) is 8.28. The molecular formula is C25H29N5O. The third-order valence-electron chi connectivity index (χ3n) is 6.28. The maximum Gasteiger partial charge on any atom is 0.248 e. The van der Waals surface area contributed by atoms with E-state index in [1.54, 1.807) is 18.5 Å². The first-order valence-electron chi connectivity index (χ1n) is 10.7. The zero-order valence-corrected chi connectivity index (χ0v) is 18.1. The summed E-state index contributed by atoms with van der Waals surface area (Å²) in [5, 5.41) is 10.5. The molecule has 1 aromatic heterocycles. The van der Waals surface area contributed by atoms with Gasteiger partial charge in [-0.25, -0.2) is 0 Å². The molecule has 0 spiro atoms. The Morgan fingerprint density at radius 3 is 2.68 bits per heavy atom. The summed E-state index contributed by atoms with van der Waals surface area (Å²) in [5.41, 5.74) is 4.52. The van der Waals surface area contributed by atoms with Gasteiger partial charge in [0, 0.05) is 67.7 Å². The van der Waals surface area contributed by atoms with Crippen LogP contribution in [0.2, 0.25) is 0 Å². The molecule has 1 amide bonds. The van der Waals surface area contributed by atoms with Gasteiger partial charge in [0.25, 0.3) is 0 Å². The number of pyridine rings is 1. The van der Waals surface area contributed by atoms with Gasteiger partial charge in [-0.2, -0.15) is 0 Å². The molecule has 0 saturated carbocycles. The third kappa shape index (κ3) is 4.81. The topological polar surface area (TPSA) is 72.3 Å². The molecule has 6 heteroatoms. The fourth-order valence-corrected chi connectivity index (χ4v) is 4.54. The second-order valence-electron chi connectivity index (χ2n) is 8.28. The van der Waals surface area contributed by atoms with Crippen LogP contribution in [0, 0.1) is 5.41 Å². The molecule has 4 rings (SSSR count). The highest BCUT2D eigenvalue weighted by Crippen LogP contribution is 2.30. The predicted octanol–water partition coefficient (Wildman–Crippen LogP) is 3.67. The Labute approximate surface area is 183 Å². The highest BCUT2D eigenvalue weighted by atomic mass is 16.1. The van der Waals surface area contributed by atoms with Crippen LogP contribution in [-0.4, -0.2) is 59.1 Å². The number of carbonyl (C=O) groups is 1. The van der Waals surface area contributed by atoms with Gasteiger partial charge in [-0.05, 0) is 61.4 Å². The second kappa shape index (κ2) is 9.37. The van der Waals surface area contributed by atoms with Crippen molar-refractivity contribution in [1.29, 1.82) is 5.41 Å². The minimum Gasteiger partial charge on any atom is -0.323 e. The van der Waals surface area contributed by atoms with E-state index < -0.39 is 0 Å².